The van der Waals surface area contributed by atoms with E-state index in [0.717, 1.165) is 25.7 Å². The smallest absolute Gasteiger partial charge is 0.354 e. The number of pyridine rings is 1. The number of nitrogens with zero attached hydrogens (tertiary/aromatic N) is 1. The van der Waals surface area contributed by atoms with Crippen LogP contribution in [0.3, 0.4) is 0 Å². The van der Waals surface area contributed by atoms with E-state index in [2.05, 4.69) is 25.8 Å². The van der Waals surface area contributed by atoms with E-state index in [4.69, 9.17) is 9.47 Å². The van der Waals surface area contributed by atoms with Crippen molar-refractivity contribution in [2.24, 2.45) is 45.8 Å². The number of carboxylic acid groups (broad SMARTS) is 1. The molecule has 5 aliphatic carbocycles. The van der Waals surface area contributed by atoms with Gasteiger partial charge in [-0.3, -0.25) is 0 Å². The summed E-state index contributed by atoms with van der Waals surface area (Å²) in [5, 5.41) is 20.6. The molecule has 5 aliphatic rings. The quantitative estimate of drug-likeness (QED) is 0.579. The number of rotatable bonds is 6. The Bertz CT molecular complexity index is 1030. The van der Waals surface area contributed by atoms with E-state index in [0.29, 0.717) is 42.1 Å². The first-order valence-corrected chi connectivity index (χ1v) is 13.7. The van der Waals surface area contributed by atoms with Crippen LogP contribution < -0.4 is 4.74 Å². The molecule has 1 aromatic rings. The molecule has 1 spiro atoms. The largest absolute Gasteiger partial charge is 0.477 e. The summed E-state index contributed by atoms with van der Waals surface area (Å²) in [6.07, 6.45) is 9.31. The van der Waals surface area contributed by atoms with E-state index in [1.54, 1.807) is 12.1 Å². The highest BCUT2D eigenvalue weighted by atomic mass is 16.5. The van der Waals surface area contributed by atoms with Gasteiger partial charge in [-0.05, 0) is 97.9 Å². The van der Waals surface area contributed by atoms with Crippen molar-refractivity contribution in [3.63, 3.8) is 0 Å². The monoisotopic (exact) mass is 483 g/mol. The molecule has 35 heavy (non-hydrogen) atoms. The van der Waals surface area contributed by atoms with Crippen molar-refractivity contribution in [1.29, 1.82) is 0 Å². The molecule has 2 N–H and O–H groups in total. The first-order valence-electron chi connectivity index (χ1n) is 13.7. The molecule has 0 amide bonds. The average Bonchev–Trinajstić information content (AvgIpc) is 3.18. The van der Waals surface area contributed by atoms with E-state index in [1.807, 2.05) is 7.11 Å². The number of carbonyl (C=O) groups is 1. The summed E-state index contributed by atoms with van der Waals surface area (Å²) in [6.45, 7) is 7.88. The molecule has 6 nitrogen and oxygen atoms in total. The summed E-state index contributed by atoms with van der Waals surface area (Å²) in [5.74, 6) is 2.38. The molecule has 5 saturated carbocycles. The van der Waals surface area contributed by atoms with Crippen LogP contribution >= 0.6 is 0 Å². The highest BCUT2D eigenvalue weighted by Crippen LogP contribution is 2.83. The molecule has 1 heterocycles. The van der Waals surface area contributed by atoms with Crippen molar-refractivity contribution in [2.75, 3.05) is 13.7 Å². The van der Waals surface area contributed by atoms with Crippen molar-refractivity contribution >= 4 is 5.97 Å². The Balaban J connectivity index is 1.19. The summed E-state index contributed by atoms with van der Waals surface area (Å²) in [5.41, 5.74) is 0.00924. The Hall–Kier alpha value is -1.66. The predicted molar refractivity (Wildman–Crippen MR) is 131 cm³/mol. The Morgan fingerprint density at radius 3 is 2.69 bits per heavy atom. The van der Waals surface area contributed by atoms with Crippen LogP contribution in [0.4, 0.5) is 0 Å². The Kier molecular flexibility index (Phi) is 5.20. The number of aliphatic hydroxyl groups is 1. The third-order valence-electron chi connectivity index (χ3n) is 12.1. The summed E-state index contributed by atoms with van der Waals surface area (Å²) in [6, 6.07) is 4.93. The van der Waals surface area contributed by atoms with Gasteiger partial charge in [-0.25, -0.2) is 9.78 Å². The lowest BCUT2D eigenvalue weighted by Crippen LogP contribution is -2.57. The zero-order chi connectivity index (χ0) is 24.8. The lowest BCUT2D eigenvalue weighted by Gasteiger charge is -2.60. The molecule has 0 bridgehead atoms. The highest BCUT2D eigenvalue weighted by Gasteiger charge is 2.84. The highest BCUT2D eigenvalue weighted by molar-refractivity contribution is 5.85. The average molecular weight is 484 g/mol. The molecule has 0 aromatic carbocycles. The van der Waals surface area contributed by atoms with E-state index in [-0.39, 0.29) is 28.0 Å². The molecule has 1 unspecified atom stereocenters. The van der Waals surface area contributed by atoms with E-state index < -0.39 is 11.6 Å². The summed E-state index contributed by atoms with van der Waals surface area (Å²) < 4.78 is 12.2. The van der Waals surface area contributed by atoms with Crippen molar-refractivity contribution in [3.8, 4) is 5.88 Å². The SMILES string of the molecule is COC1C[C@H]2[C@@H]3CC[C@H]([C@H](C)COc4cccc(C(=O)O)n4)[C@@]3(C)CC[C@@H]2[C@@]2(C)CC[C@@]3(O)C[C@@]132. The summed E-state index contributed by atoms with van der Waals surface area (Å²) >= 11 is 0. The predicted octanol–water partition coefficient (Wildman–Crippen LogP) is 5.19. The van der Waals surface area contributed by atoms with Crippen molar-refractivity contribution < 1.29 is 24.5 Å². The number of hydrogen-bond acceptors (Lipinski definition) is 5. The third kappa shape index (κ3) is 3.02. The lowest BCUT2D eigenvalue weighted by atomic mass is 9.45. The van der Waals surface area contributed by atoms with Crippen LogP contribution in [0.1, 0.15) is 82.6 Å². The molecular weight excluding hydrogens is 442 g/mol. The van der Waals surface area contributed by atoms with Gasteiger partial charge in [0.05, 0.1) is 18.3 Å². The molecular formula is C29H41NO5. The molecule has 192 valence electrons. The fourth-order valence-electron chi connectivity index (χ4n) is 10.5. The van der Waals surface area contributed by atoms with Crippen LogP contribution in [0.2, 0.25) is 0 Å². The first-order chi connectivity index (χ1) is 16.6. The van der Waals surface area contributed by atoms with Crippen LogP contribution in [0.5, 0.6) is 5.88 Å². The van der Waals surface area contributed by atoms with Crippen molar-refractivity contribution in [2.45, 2.75) is 83.8 Å². The molecule has 0 radical (unpaired) electrons. The van der Waals surface area contributed by atoms with Gasteiger partial charge < -0.3 is 19.7 Å². The van der Waals surface area contributed by atoms with Crippen LogP contribution in [0.25, 0.3) is 0 Å². The van der Waals surface area contributed by atoms with E-state index in [9.17, 15) is 15.0 Å². The van der Waals surface area contributed by atoms with Gasteiger partial charge in [0.15, 0.2) is 5.69 Å². The molecule has 1 aromatic heterocycles. The normalized spacial score (nSPS) is 48.3. The minimum Gasteiger partial charge on any atom is -0.477 e. The topological polar surface area (TPSA) is 88.9 Å². The van der Waals surface area contributed by atoms with Gasteiger partial charge in [0.2, 0.25) is 5.88 Å². The Morgan fingerprint density at radius 1 is 1.17 bits per heavy atom. The second-order valence-corrected chi connectivity index (χ2v) is 13.1. The maximum absolute atomic E-state index is 11.3. The lowest BCUT2D eigenvalue weighted by molar-refractivity contribution is -0.169. The fourth-order valence-corrected chi connectivity index (χ4v) is 10.5. The first kappa shape index (κ1) is 23.7. The number of aromatic carboxylic acids is 1. The van der Waals surface area contributed by atoms with Crippen LogP contribution in [-0.4, -0.2) is 46.6 Å². The number of fused-ring (bicyclic) bond motifs is 4. The molecule has 10 atom stereocenters. The summed E-state index contributed by atoms with van der Waals surface area (Å²) in [7, 11) is 1.86. The fraction of sp³-hybridized carbons (Fsp3) is 0.793. The second-order valence-electron chi connectivity index (χ2n) is 13.1. The molecule has 6 rings (SSSR count). The van der Waals surface area contributed by atoms with Gasteiger partial charge in [-0.2, -0.15) is 0 Å². The van der Waals surface area contributed by atoms with Crippen LogP contribution in [0, 0.1) is 45.8 Å². The molecule has 5 fully saturated rings. The molecule has 0 saturated heterocycles. The van der Waals surface area contributed by atoms with Gasteiger partial charge in [0.25, 0.3) is 0 Å². The zero-order valence-corrected chi connectivity index (χ0v) is 21.6. The Labute approximate surface area is 208 Å². The molecule has 6 heteroatoms. The van der Waals surface area contributed by atoms with Crippen LogP contribution in [-0.2, 0) is 4.74 Å². The zero-order valence-electron chi connectivity index (χ0n) is 21.6. The number of carboxylic acids is 1. The Morgan fingerprint density at radius 2 is 1.97 bits per heavy atom. The minimum atomic E-state index is -1.03. The van der Waals surface area contributed by atoms with E-state index >= 15 is 0 Å². The van der Waals surface area contributed by atoms with Crippen molar-refractivity contribution in [3.05, 3.63) is 23.9 Å². The van der Waals surface area contributed by atoms with Gasteiger partial charge in [0.1, 0.15) is 0 Å². The number of hydrogen-bond donors (Lipinski definition) is 2. The van der Waals surface area contributed by atoms with Gasteiger partial charge >= 0.3 is 5.97 Å². The third-order valence-corrected chi connectivity index (χ3v) is 12.1. The van der Waals surface area contributed by atoms with Gasteiger partial charge in [-0.1, -0.05) is 26.8 Å². The van der Waals surface area contributed by atoms with Gasteiger partial charge in [-0.15, -0.1) is 0 Å². The maximum Gasteiger partial charge on any atom is 0.354 e. The molecule has 0 aliphatic heterocycles. The number of methoxy groups -OCH3 is 1. The number of aromatic nitrogens is 1. The number of ether oxygens (including phenoxy) is 2. The summed E-state index contributed by atoms with van der Waals surface area (Å²) in [4.78, 5) is 15.4. The minimum absolute atomic E-state index is 0.0136. The van der Waals surface area contributed by atoms with Gasteiger partial charge in [0, 0.05) is 18.6 Å². The maximum atomic E-state index is 11.3. The van der Waals surface area contributed by atoms with E-state index in [1.165, 1.54) is 31.7 Å². The van der Waals surface area contributed by atoms with Crippen LogP contribution in [0.15, 0.2) is 18.2 Å². The second kappa shape index (κ2) is 7.67. The van der Waals surface area contributed by atoms with Crippen molar-refractivity contribution in [1.82, 2.24) is 4.98 Å². The standard InChI is InChI=1S/C29H41NO5/c1-17(15-35-24-7-5-6-22(30-24)25(31)32)19-8-9-20-18-14-23(34-4)29-16-28(29,33)13-12-27(29,3)21(18)10-11-26(19,20)2/h5-7,17-21,23,33H,8-16H2,1-4H3,(H,31,32)/t17-,18+,19-,20+,21+,23?,26-,27-,28-,29+/m1/s1.